The van der Waals surface area contributed by atoms with Gasteiger partial charge in [-0.25, -0.2) is 9.97 Å². The molecule has 1 saturated heterocycles. The third-order valence-corrected chi connectivity index (χ3v) is 5.93. The number of carbonyl (C=O) groups is 2. The van der Waals surface area contributed by atoms with Crippen molar-refractivity contribution in [2.45, 2.75) is 26.7 Å². The van der Waals surface area contributed by atoms with Crippen LogP contribution in [0, 0.1) is 0 Å². The van der Waals surface area contributed by atoms with Crippen molar-refractivity contribution in [2.24, 2.45) is 0 Å². The Morgan fingerprint density at radius 1 is 0.879 bits per heavy atom. The minimum Gasteiger partial charge on any atom is -0.339 e. The lowest BCUT2D eigenvalue weighted by molar-refractivity contribution is -0.130. The number of carbonyl (C=O) groups excluding carboxylic acids is 2. The van der Waals surface area contributed by atoms with Crippen LogP contribution >= 0.6 is 0 Å². The topological polar surface area (TPSA) is 78.4 Å². The zero-order chi connectivity index (χ0) is 23.4. The van der Waals surface area contributed by atoms with Gasteiger partial charge in [0.05, 0.1) is 5.69 Å². The van der Waals surface area contributed by atoms with Gasteiger partial charge in [0.25, 0.3) is 5.91 Å². The van der Waals surface area contributed by atoms with Crippen LogP contribution in [-0.4, -0.2) is 57.8 Å². The quantitative estimate of drug-likeness (QED) is 0.636. The van der Waals surface area contributed by atoms with Crippen LogP contribution in [0.3, 0.4) is 0 Å². The maximum Gasteiger partial charge on any atom is 0.253 e. The standard InChI is InChI=1S/C26H29N5O2/c1-18(2)20-4-6-21(7-5-20)24-12-13-27-26(29-24)28-23-10-8-22(9-11-23)25(33)31-16-14-30(15-17-31)19(3)32/h4-13,18H,14-17H2,1-3H3,(H,27,28,29). The second-order valence-electron chi connectivity index (χ2n) is 8.54. The predicted molar refractivity (Wildman–Crippen MR) is 129 cm³/mol. The Balaban J connectivity index is 1.40. The van der Waals surface area contributed by atoms with Crippen LogP contribution in [0.1, 0.15) is 42.6 Å². The largest absolute Gasteiger partial charge is 0.339 e. The molecule has 1 aliphatic heterocycles. The minimum absolute atomic E-state index is 0.0205. The molecule has 0 atom stereocenters. The predicted octanol–water partition coefficient (Wildman–Crippen LogP) is 4.31. The summed E-state index contributed by atoms with van der Waals surface area (Å²) in [5.74, 6) is 1.02. The molecule has 0 aliphatic carbocycles. The smallest absolute Gasteiger partial charge is 0.253 e. The Labute approximate surface area is 194 Å². The van der Waals surface area contributed by atoms with Crippen LogP contribution in [0.2, 0.25) is 0 Å². The minimum atomic E-state index is -0.0205. The van der Waals surface area contributed by atoms with Gasteiger partial charge in [0.1, 0.15) is 0 Å². The fourth-order valence-corrected chi connectivity index (χ4v) is 3.85. The first kappa shape index (κ1) is 22.5. The molecule has 0 radical (unpaired) electrons. The van der Waals surface area contributed by atoms with Crippen LogP contribution in [0.4, 0.5) is 11.6 Å². The monoisotopic (exact) mass is 443 g/mol. The number of piperazine rings is 1. The van der Waals surface area contributed by atoms with E-state index in [1.807, 2.05) is 18.2 Å². The van der Waals surface area contributed by atoms with Crippen molar-refractivity contribution >= 4 is 23.5 Å². The van der Waals surface area contributed by atoms with Crippen LogP contribution in [0.15, 0.2) is 60.8 Å². The van der Waals surface area contributed by atoms with Crippen LogP contribution in [0.25, 0.3) is 11.3 Å². The van der Waals surface area contributed by atoms with Crippen molar-refractivity contribution in [3.05, 3.63) is 71.9 Å². The van der Waals surface area contributed by atoms with Crippen LogP contribution in [-0.2, 0) is 4.79 Å². The molecule has 0 bridgehead atoms. The molecule has 2 amide bonds. The summed E-state index contributed by atoms with van der Waals surface area (Å²) in [6, 6.07) is 17.6. The van der Waals surface area contributed by atoms with Crippen molar-refractivity contribution in [3.63, 3.8) is 0 Å². The van der Waals surface area contributed by atoms with Gasteiger partial charge < -0.3 is 15.1 Å². The molecule has 1 aromatic heterocycles. The van der Waals surface area contributed by atoms with E-state index in [1.165, 1.54) is 5.56 Å². The summed E-state index contributed by atoms with van der Waals surface area (Å²) < 4.78 is 0. The fraction of sp³-hybridized carbons (Fsp3) is 0.308. The first-order chi connectivity index (χ1) is 15.9. The molecule has 1 aliphatic rings. The van der Waals surface area contributed by atoms with E-state index < -0.39 is 0 Å². The average Bonchev–Trinajstić information content (AvgIpc) is 2.84. The summed E-state index contributed by atoms with van der Waals surface area (Å²) in [5.41, 5.74) is 4.61. The Morgan fingerprint density at radius 3 is 2.12 bits per heavy atom. The summed E-state index contributed by atoms with van der Waals surface area (Å²) in [7, 11) is 0. The molecule has 7 nitrogen and oxygen atoms in total. The van der Waals surface area contributed by atoms with Gasteiger partial charge in [-0.15, -0.1) is 0 Å². The molecule has 2 aromatic carbocycles. The molecule has 33 heavy (non-hydrogen) atoms. The van der Waals surface area contributed by atoms with E-state index in [0.29, 0.717) is 43.6 Å². The van der Waals surface area contributed by atoms with E-state index in [2.05, 4.69) is 53.4 Å². The lowest BCUT2D eigenvalue weighted by Crippen LogP contribution is -2.50. The van der Waals surface area contributed by atoms with Crippen LogP contribution < -0.4 is 5.32 Å². The zero-order valence-corrected chi connectivity index (χ0v) is 19.3. The summed E-state index contributed by atoms with van der Waals surface area (Å²) >= 11 is 0. The summed E-state index contributed by atoms with van der Waals surface area (Å²) in [6.07, 6.45) is 1.74. The lowest BCUT2D eigenvalue weighted by Gasteiger charge is -2.34. The number of hydrogen-bond acceptors (Lipinski definition) is 5. The first-order valence-electron chi connectivity index (χ1n) is 11.3. The molecule has 1 fully saturated rings. The third kappa shape index (κ3) is 5.37. The van der Waals surface area contributed by atoms with E-state index in [1.54, 1.807) is 35.1 Å². The zero-order valence-electron chi connectivity index (χ0n) is 19.3. The van der Waals surface area contributed by atoms with E-state index in [-0.39, 0.29) is 11.8 Å². The van der Waals surface area contributed by atoms with Gasteiger partial charge in [-0.2, -0.15) is 0 Å². The maximum atomic E-state index is 12.8. The summed E-state index contributed by atoms with van der Waals surface area (Å²) in [5, 5.41) is 3.22. The van der Waals surface area contributed by atoms with Crippen LogP contribution in [0.5, 0.6) is 0 Å². The number of benzene rings is 2. The Morgan fingerprint density at radius 2 is 1.52 bits per heavy atom. The molecule has 3 aromatic rings. The lowest BCUT2D eigenvalue weighted by atomic mass is 10.0. The van der Waals surface area contributed by atoms with Gasteiger partial charge in [-0.05, 0) is 41.8 Å². The second kappa shape index (κ2) is 9.81. The Hall–Kier alpha value is -3.74. The Bertz CT molecular complexity index is 1120. The number of nitrogens with one attached hydrogen (secondary N) is 1. The van der Waals surface area contributed by atoms with Crippen molar-refractivity contribution in [1.82, 2.24) is 19.8 Å². The van der Waals surface area contributed by atoms with E-state index in [9.17, 15) is 9.59 Å². The number of nitrogens with zero attached hydrogens (tertiary/aromatic N) is 4. The molecule has 4 rings (SSSR count). The summed E-state index contributed by atoms with van der Waals surface area (Å²) in [6.45, 7) is 8.17. The number of rotatable bonds is 5. The highest BCUT2D eigenvalue weighted by atomic mass is 16.2. The van der Waals surface area contributed by atoms with Crippen molar-refractivity contribution in [2.75, 3.05) is 31.5 Å². The fourth-order valence-electron chi connectivity index (χ4n) is 3.85. The highest BCUT2D eigenvalue weighted by Crippen LogP contribution is 2.23. The molecular formula is C26H29N5O2. The van der Waals surface area contributed by atoms with Gasteiger partial charge in [-0.1, -0.05) is 38.1 Å². The highest BCUT2D eigenvalue weighted by molar-refractivity contribution is 5.94. The van der Waals surface area contributed by atoms with Gasteiger partial charge in [0.15, 0.2) is 0 Å². The molecule has 0 unspecified atom stereocenters. The molecule has 1 N–H and O–H groups in total. The molecule has 170 valence electrons. The molecule has 0 saturated carbocycles. The normalized spacial score (nSPS) is 13.8. The van der Waals surface area contributed by atoms with Gasteiger partial charge >= 0.3 is 0 Å². The molecule has 2 heterocycles. The molecule has 7 heteroatoms. The first-order valence-corrected chi connectivity index (χ1v) is 11.3. The second-order valence-corrected chi connectivity index (χ2v) is 8.54. The highest BCUT2D eigenvalue weighted by Gasteiger charge is 2.23. The number of amides is 2. The SMILES string of the molecule is CC(=O)N1CCN(C(=O)c2ccc(Nc3nccc(-c4ccc(C(C)C)cc4)n3)cc2)CC1. The van der Waals surface area contributed by atoms with Gasteiger partial charge in [0.2, 0.25) is 11.9 Å². The number of hydrogen-bond donors (Lipinski definition) is 1. The van der Waals surface area contributed by atoms with Gasteiger partial charge in [0, 0.05) is 56.1 Å². The van der Waals surface area contributed by atoms with Crippen molar-refractivity contribution in [3.8, 4) is 11.3 Å². The van der Waals surface area contributed by atoms with Crippen molar-refractivity contribution in [1.29, 1.82) is 0 Å². The average molecular weight is 444 g/mol. The molecule has 0 spiro atoms. The third-order valence-electron chi connectivity index (χ3n) is 5.93. The van der Waals surface area contributed by atoms with Crippen molar-refractivity contribution < 1.29 is 9.59 Å². The maximum absolute atomic E-state index is 12.8. The van der Waals surface area contributed by atoms with E-state index in [0.717, 1.165) is 16.9 Å². The van der Waals surface area contributed by atoms with E-state index >= 15 is 0 Å². The number of anilines is 2. The van der Waals surface area contributed by atoms with Gasteiger partial charge in [-0.3, -0.25) is 9.59 Å². The summed E-state index contributed by atoms with van der Waals surface area (Å²) in [4.78, 5) is 36.8. The number of aromatic nitrogens is 2. The Kier molecular flexibility index (Phi) is 6.68. The van der Waals surface area contributed by atoms with E-state index in [4.69, 9.17) is 0 Å². The molecular weight excluding hydrogens is 414 g/mol.